The number of phenols is 1. The normalized spacial score (nSPS) is 13.8. The molecule has 92 valence electrons. The van der Waals surface area contributed by atoms with E-state index in [0.29, 0.717) is 5.56 Å². The van der Waals surface area contributed by atoms with Crippen molar-refractivity contribution >= 4 is 0 Å². The van der Waals surface area contributed by atoms with Gasteiger partial charge in [0.15, 0.2) is 0 Å². The van der Waals surface area contributed by atoms with E-state index in [1.54, 1.807) is 19.1 Å². The lowest BCUT2D eigenvalue weighted by atomic mass is 10.00. The summed E-state index contributed by atoms with van der Waals surface area (Å²) in [6, 6.07) is 4.64. The maximum absolute atomic E-state index is 9.84. The van der Waals surface area contributed by atoms with Gasteiger partial charge in [0.2, 0.25) is 0 Å². The minimum Gasteiger partial charge on any atom is -0.508 e. The molecule has 1 aromatic rings. The minimum atomic E-state index is -1.10. The van der Waals surface area contributed by atoms with Crippen LogP contribution >= 0.6 is 0 Å². The molecule has 0 fully saturated rings. The predicted octanol–water partition coefficient (Wildman–Crippen LogP) is 1.80. The molecule has 0 aliphatic carbocycles. The highest BCUT2D eigenvalue weighted by Gasteiger charge is 2.18. The number of benzene rings is 1. The second-order valence-electron chi connectivity index (χ2n) is 3.86. The summed E-state index contributed by atoms with van der Waals surface area (Å²) in [7, 11) is 0. The van der Waals surface area contributed by atoms with Gasteiger partial charge in [0.1, 0.15) is 11.9 Å². The summed E-state index contributed by atoms with van der Waals surface area (Å²) in [4.78, 5) is 2.56. The molecule has 0 aliphatic rings. The first kappa shape index (κ1) is 13.3. The molecule has 0 radical (unpaired) electrons. The van der Waals surface area contributed by atoms with E-state index in [-0.39, 0.29) is 18.7 Å². The number of aryl methyl sites for hydroxylation is 1. The summed E-state index contributed by atoms with van der Waals surface area (Å²) in [6.45, 7) is 1.90. The number of aliphatic hydroxyl groups is 2. The van der Waals surface area contributed by atoms with E-state index in [4.69, 9.17) is 5.53 Å². The summed E-state index contributed by atoms with van der Waals surface area (Å²) in [5.74, 6) is 0.0429. The van der Waals surface area contributed by atoms with Crippen molar-refractivity contribution in [3.63, 3.8) is 0 Å². The second-order valence-corrected chi connectivity index (χ2v) is 3.86. The smallest absolute Gasteiger partial charge is 0.116 e. The van der Waals surface area contributed by atoms with E-state index in [1.165, 1.54) is 6.07 Å². The molecular weight excluding hydrogens is 222 g/mol. The van der Waals surface area contributed by atoms with E-state index >= 15 is 0 Å². The number of phenolic OH excluding ortho intramolecular Hbond substituents is 1. The van der Waals surface area contributed by atoms with Gasteiger partial charge in [-0.25, -0.2) is 0 Å². The molecule has 0 aromatic heterocycles. The highest BCUT2D eigenvalue weighted by molar-refractivity contribution is 5.34. The van der Waals surface area contributed by atoms with E-state index in [9.17, 15) is 15.3 Å². The Bertz CT molecular complexity index is 410. The third kappa shape index (κ3) is 3.96. The fourth-order valence-corrected chi connectivity index (χ4v) is 1.58. The standard InChI is InChI=1S/C11H15N3O3/c1-7-4-8(6-9(15)5-7)11(17)10(16)2-3-13-14-12/h4-6,10-11,15-17H,2-3H2,1H3. The number of nitrogens with zero attached hydrogens (tertiary/aromatic N) is 3. The molecule has 0 bridgehead atoms. The number of hydrogen-bond acceptors (Lipinski definition) is 4. The molecule has 1 aromatic carbocycles. The minimum absolute atomic E-state index is 0.0429. The van der Waals surface area contributed by atoms with Crippen LogP contribution in [-0.2, 0) is 0 Å². The van der Waals surface area contributed by atoms with Crippen molar-refractivity contribution in [2.24, 2.45) is 5.11 Å². The largest absolute Gasteiger partial charge is 0.508 e. The highest BCUT2D eigenvalue weighted by Crippen LogP contribution is 2.24. The average molecular weight is 237 g/mol. The monoisotopic (exact) mass is 237 g/mol. The van der Waals surface area contributed by atoms with Crippen LogP contribution in [0.15, 0.2) is 23.3 Å². The zero-order chi connectivity index (χ0) is 12.8. The Kier molecular flexibility index (Phi) is 4.78. The van der Waals surface area contributed by atoms with Crippen LogP contribution in [-0.4, -0.2) is 28.0 Å². The first-order chi connectivity index (χ1) is 8.04. The Morgan fingerprint density at radius 2 is 2.06 bits per heavy atom. The van der Waals surface area contributed by atoms with Gasteiger partial charge in [0.05, 0.1) is 6.10 Å². The molecule has 0 aliphatic heterocycles. The van der Waals surface area contributed by atoms with E-state index < -0.39 is 12.2 Å². The van der Waals surface area contributed by atoms with Gasteiger partial charge >= 0.3 is 0 Å². The maximum atomic E-state index is 9.84. The molecule has 3 N–H and O–H groups in total. The van der Waals surface area contributed by atoms with Crippen LogP contribution in [0.1, 0.15) is 23.7 Å². The second kappa shape index (κ2) is 6.10. The van der Waals surface area contributed by atoms with Gasteiger partial charge in [0, 0.05) is 11.5 Å². The van der Waals surface area contributed by atoms with Crippen LogP contribution < -0.4 is 0 Å². The van der Waals surface area contributed by atoms with Crippen molar-refractivity contribution in [3.8, 4) is 5.75 Å². The fourth-order valence-electron chi connectivity index (χ4n) is 1.58. The molecule has 17 heavy (non-hydrogen) atoms. The topological polar surface area (TPSA) is 109 Å². The van der Waals surface area contributed by atoms with Crippen molar-refractivity contribution in [1.82, 2.24) is 0 Å². The number of azide groups is 1. The first-order valence-corrected chi connectivity index (χ1v) is 5.22. The Hall–Kier alpha value is -1.75. The Morgan fingerprint density at radius 1 is 1.35 bits per heavy atom. The van der Waals surface area contributed by atoms with Crippen molar-refractivity contribution in [1.29, 1.82) is 0 Å². The van der Waals surface area contributed by atoms with Gasteiger partial charge in [-0.05, 0) is 42.1 Å². The molecule has 0 heterocycles. The lowest BCUT2D eigenvalue weighted by Crippen LogP contribution is -2.19. The van der Waals surface area contributed by atoms with Gasteiger partial charge in [0.25, 0.3) is 0 Å². The van der Waals surface area contributed by atoms with Crippen LogP contribution in [0.2, 0.25) is 0 Å². The van der Waals surface area contributed by atoms with Crippen LogP contribution in [0.25, 0.3) is 10.4 Å². The highest BCUT2D eigenvalue weighted by atomic mass is 16.3. The summed E-state index contributed by atoms with van der Waals surface area (Å²) in [5.41, 5.74) is 9.32. The summed E-state index contributed by atoms with van der Waals surface area (Å²) >= 11 is 0. The quantitative estimate of drug-likeness (QED) is 0.412. The number of hydrogen-bond donors (Lipinski definition) is 3. The summed E-state index contributed by atoms with van der Waals surface area (Å²) in [6.07, 6.45) is -1.96. The Balaban J connectivity index is 2.73. The van der Waals surface area contributed by atoms with Gasteiger partial charge in [-0.3, -0.25) is 0 Å². The third-order valence-corrected chi connectivity index (χ3v) is 2.38. The molecule has 0 saturated carbocycles. The Morgan fingerprint density at radius 3 is 2.65 bits per heavy atom. The van der Waals surface area contributed by atoms with Crippen molar-refractivity contribution < 1.29 is 15.3 Å². The number of aliphatic hydroxyl groups excluding tert-OH is 2. The van der Waals surface area contributed by atoms with Gasteiger partial charge in [-0.2, -0.15) is 0 Å². The van der Waals surface area contributed by atoms with Crippen molar-refractivity contribution in [2.75, 3.05) is 6.54 Å². The molecule has 6 heteroatoms. The molecule has 0 amide bonds. The maximum Gasteiger partial charge on any atom is 0.116 e. The molecule has 2 unspecified atom stereocenters. The molecule has 2 atom stereocenters. The molecular formula is C11H15N3O3. The van der Waals surface area contributed by atoms with Crippen molar-refractivity contribution in [2.45, 2.75) is 25.6 Å². The van der Waals surface area contributed by atoms with Crippen molar-refractivity contribution in [3.05, 3.63) is 39.8 Å². The summed E-state index contributed by atoms with van der Waals surface area (Å²) in [5, 5.41) is 32.2. The molecule has 1 rings (SSSR count). The fraction of sp³-hybridized carbons (Fsp3) is 0.455. The van der Waals surface area contributed by atoms with Gasteiger partial charge in [-0.15, -0.1) is 0 Å². The molecule has 0 spiro atoms. The van der Waals surface area contributed by atoms with Gasteiger partial charge in [-0.1, -0.05) is 11.2 Å². The van der Waals surface area contributed by atoms with E-state index in [1.807, 2.05) is 0 Å². The van der Waals surface area contributed by atoms with Crippen LogP contribution in [0.3, 0.4) is 0 Å². The summed E-state index contributed by atoms with van der Waals surface area (Å²) < 4.78 is 0. The van der Waals surface area contributed by atoms with Crippen LogP contribution in [0, 0.1) is 6.92 Å². The zero-order valence-electron chi connectivity index (χ0n) is 9.48. The van der Waals surface area contributed by atoms with Crippen LogP contribution in [0.4, 0.5) is 0 Å². The van der Waals surface area contributed by atoms with E-state index in [2.05, 4.69) is 10.0 Å². The van der Waals surface area contributed by atoms with E-state index in [0.717, 1.165) is 5.56 Å². The van der Waals surface area contributed by atoms with Crippen LogP contribution in [0.5, 0.6) is 5.75 Å². The lowest BCUT2D eigenvalue weighted by molar-refractivity contribution is 0.0149. The molecule has 6 nitrogen and oxygen atoms in total. The lowest BCUT2D eigenvalue weighted by Gasteiger charge is -2.18. The van der Waals surface area contributed by atoms with Gasteiger partial charge < -0.3 is 15.3 Å². The average Bonchev–Trinajstić information content (AvgIpc) is 2.27. The predicted molar refractivity (Wildman–Crippen MR) is 62.4 cm³/mol. The third-order valence-electron chi connectivity index (χ3n) is 2.38. The number of aromatic hydroxyl groups is 1. The zero-order valence-corrected chi connectivity index (χ0v) is 9.48. The number of rotatable bonds is 5. The Labute approximate surface area is 98.8 Å². The first-order valence-electron chi connectivity index (χ1n) is 5.22. The molecule has 0 saturated heterocycles. The SMILES string of the molecule is Cc1cc(O)cc(C(O)C(O)CCN=[N+]=[N-])c1.